The Morgan fingerprint density at radius 3 is 2.43 bits per heavy atom. The predicted octanol–water partition coefficient (Wildman–Crippen LogP) is 3.80. The summed E-state index contributed by atoms with van der Waals surface area (Å²) in [5.41, 5.74) is 3.58. The Bertz CT molecular complexity index is 581. The Balaban J connectivity index is 2.10. The molecule has 0 saturated heterocycles. The second-order valence-corrected chi connectivity index (χ2v) is 5.47. The number of anilines is 2. The molecular weight excluding hydrogens is 260 g/mol. The first kappa shape index (κ1) is 15.2. The molecule has 1 N–H and O–H groups in total. The zero-order valence-corrected chi connectivity index (χ0v) is 13.3. The van der Waals surface area contributed by atoms with E-state index in [9.17, 15) is 0 Å². The first-order valence-electron chi connectivity index (χ1n) is 7.26. The molecule has 0 spiro atoms. The Hall–Kier alpha value is -2.16. The standard InChI is InChI=1S/C18H24N2O/c1-14(13-15-9-5-8-12-18(15)21-4)19-16-10-6-7-11-17(16)20(2)3/h5-12,14,19H,13H2,1-4H3. The van der Waals surface area contributed by atoms with Crippen molar-refractivity contribution in [1.82, 2.24) is 0 Å². The van der Waals surface area contributed by atoms with Crippen molar-refractivity contribution in [3.63, 3.8) is 0 Å². The lowest BCUT2D eigenvalue weighted by molar-refractivity contribution is 0.409. The molecule has 1 unspecified atom stereocenters. The quantitative estimate of drug-likeness (QED) is 0.873. The van der Waals surface area contributed by atoms with Crippen LogP contribution in [0.2, 0.25) is 0 Å². The fraction of sp³-hybridized carbons (Fsp3) is 0.333. The van der Waals surface area contributed by atoms with E-state index in [0.29, 0.717) is 6.04 Å². The molecular formula is C18H24N2O. The molecule has 0 fully saturated rings. The predicted molar refractivity (Wildman–Crippen MR) is 90.6 cm³/mol. The van der Waals surface area contributed by atoms with Gasteiger partial charge in [-0.25, -0.2) is 0 Å². The van der Waals surface area contributed by atoms with E-state index in [1.54, 1.807) is 7.11 Å². The van der Waals surface area contributed by atoms with Gasteiger partial charge in [-0.3, -0.25) is 0 Å². The number of nitrogens with zero attached hydrogens (tertiary/aromatic N) is 1. The highest BCUT2D eigenvalue weighted by atomic mass is 16.5. The highest BCUT2D eigenvalue weighted by molar-refractivity contribution is 5.69. The summed E-state index contributed by atoms with van der Waals surface area (Å²) < 4.78 is 5.42. The van der Waals surface area contributed by atoms with Crippen LogP contribution in [0.3, 0.4) is 0 Å². The summed E-state index contributed by atoms with van der Waals surface area (Å²) in [5.74, 6) is 0.951. The summed E-state index contributed by atoms with van der Waals surface area (Å²) in [7, 11) is 5.84. The second-order valence-electron chi connectivity index (χ2n) is 5.47. The maximum Gasteiger partial charge on any atom is 0.122 e. The van der Waals surface area contributed by atoms with Gasteiger partial charge in [0.25, 0.3) is 0 Å². The van der Waals surface area contributed by atoms with Gasteiger partial charge in [-0.2, -0.15) is 0 Å². The lowest BCUT2D eigenvalue weighted by Gasteiger charge is -2.22. The molecule has 2 aromatic rings. The van der Waals surface area contributed by atoms with Crippen molar-refractivity contribution in [2.24, 2.45) is 0 Å². The summed E-state index contributed by atoms with van der Waals surface area (Å²) >= 11 is 0. The SMILES string of the molecule is COc1ccccc1CC(C)Nc1ccccc1N(C)C. The Morgan fingerprint density at radius 2 is 1.71 bits per heavy atom. The third-order valence-corrected chi connectivity index (χ3v) is 3.51. The maximum absolute atomic E-state index is 5.42. The Labute approximate surface area is 127 Å². The maximum atomic E-state index is 5.42. The summed E-state index contributed by atoms with van der Waals surface area (Å²) in [6.45, 7) is 2.19. The monoisotopic (exact) mass is 284 g/mol. The molecule has 0 bridgehead atoms. The second kappa shape index (κ2) is 7.02. The van der Waals surface area contributed by atoms with Crippen LogP contribution in [0.1, 0.15) is 12.5 Å². The molecule has 2 aromatic carbocycles. The molecule has 0 heterocycles. The smallest absolute Gasteiger partial charge is 0.122 e. The van der Waals surface area contributed by atoms with Crippen LogP contribution in [0.15, 0.2) is 48.5 Å². The van der Waals surface area contributed by atoms with Gasteiger partial charge < -0.3 is 15.0 Å². The number of ether oxygens (including phenoxy) is 1. The molecule has 1 atom stereocenters. The van der Waals surface area contributed by atoms with Crippen LogP contribution >= 0.6 is 0 Å². The number of nitrogens with one attached hydrogen (secondary N) is 1. The summed E-state index contributed by atoms with van der Waals surface area (Å²) in [4.78, 5) is 2.12. The van der Waals surface area contributed by atoms with Crippen molar-refractivity contribution >= 4 is 11.4 Å². The van der Waals surface area contributed by atoms with Gasteiger partial charge in [0.05, 0.1) is 18.5 Å². The van der Waals surface area contributed by atoms with Crippen LogP contribution < -0.4 is 15.0 Å². The zero-order chi connectivity index (χ0) is 15.2. The third kappa shape index (κ3) is 3.91. The van der Waals surface area contributed by atoms with Gasteiger partial charge in [-0.1, -0.05) is 30.3 Å². The van der Waals surface area contributed by atoms with E-state index in [1.807, 2.05) is 12.1 Å². The molecule has 2 rings (SSSR count). The van der Waals surface area contributed by atoms with Crippen LogP contribution in [-0.4, -0.2) is 27.2 Å². The van der Waals surface area contributed by atoms with Gasteiger partial charge in [0, 0.05) is 20.1 Å². The normalized spacial score (nSPS) is 11.8. The molecule has 0 saturated carbocycles. The number of para-hydroxylation sites is 3. The fourth-order valence-corrected chi connectivity index (χ4v) is 2.50. The van der Waals surface area contributed by atoms with Gasteiger partial charge in [-0.15, -0.1) is 0 Å². The van der Waals surface area contributed by atoms with Crippen LogP contribution in [0.4, 0.5) is 11.4 Å². The minimum absolute atomic E-state index is 0.322. The van der Waals surface area contributed by atoms with Gasteiger partial charge in [-0.05, 0) is 37.1 Å². The van der Waals surface area contributed by atoms with E-state index in [2.05, 4.69) is 67.6 Å². The van der Waals surface area contributed by atoms with Gasteiger partial charge >= 0.3 is 0 Å². The van der Waals surface area contributed by atoms with Crippen LogP contribution in [0, 0.1) is 0 Å². The van der Waals surface area contributed by atoms with Crippen molar-refractivity contribution in [3.05, 3.63) is 54.1 Å². The molecule has 0 radical (unpaired) electrons. The van der Waals surface area contributed by atoms with E-state index in [1.165, 1.54) is 11.3 Å². The number of hydrogen-bond donors (Lipinski definition) is 1. The van der Waals surface area contributed by atoms with E-state index >= 15 is 0 Å². The van der Waals surface area contributed by atoms with Crippen LogP contribution in [0.25, 0.3) is 0 Å². The summed E-state index contributed by atoms with van der Waals surface area (Å²) in [6, 6.07) is 16.9. The average Bonchev–Trinajstić information content (AvgIpc) is 2.48. The number of hydrogen-bond acceptors (Lipinski definition) is 3. The lowest BCUT2D eigenvalue weighted by atomic mass is 10.1. The minimum atomic E-state index is 0.322. The number of benzene rings is 2. The van der Waals surface area contributed by atoms with E-state index in [4.69, 9.17) is 4.74 Å². The van der Waals surface area contributed by atoms with E-state index < -0.39 is 0 Å². The number of methoxy groups -OCH3 is 1. The molecule has 21 heavy (non-hydrogen) atoms. The first-order valence-corrected chi connectivity index (χ1v) is 7.26. The van der Waals surface area contributed by atoms with E-state index in [0.717, 1.165) is 17.9 Å². The van der Waals surface area contributed by atoms with Crippen molar-refractivity contribution in [2.45, 2.75) is 19.4 Å². The Kier molecular flexibility index (Phi) is 5.09. The van der Waals surface area contributed by atoms with E-state index in [-0.39, 0.29) is 0 Å². The molecule has 0 aliphatic carbocycles. The summed E-state index contributed by atoms with van der Waals surface area (Å²) in [6.07, 6.45) is 0.922. The molecule has 0 aromatic heterocycles. The van der Waals surface area contributed by atoms with Crippen molar-refractivity contribution < 1.29 is 4.74 Å². The molecule has 0 aliphatic rings. The van der Waals surface area contributed by atoms with Crippen LogP contribution in [0.5, 0.6) is 5.75 Å². The highest BCUT2D eigenvalue weighted by Crippen LogP contribution is 2.26. The lowest BCUT2D eigenvalue weighted by Crippen LogP contribution is -2.20. The molecule has 3 heteroatoms. The Morgan fingerprint density at radius 1 is 1.05 bits per heavy atom. The summed E-state index contributed by atoms with van der Waals surface area (Å²) in [5, 5.41) is 3.59. The number of rotatable bonds is 6. The van der Waals surface area contributed by atoms with Crippen molar-refractivity contribution in [3.8, 4) is 5.75 Å². The van der Waals surface area contributed by atoms with Gasteiger partial charge in [0.2, 0.25) is 0 Å². The average molecular weight is 284 g/mol. The van der Waals surface area contributed by atoms with Crippen molar-refractivity contribution in [2.75, 3.05) is 31.4 Å². The third-order valence-electron chi connectivity index (χ3n) is 3.51. The molecule has 3 nitrogen and oxygen atoms in total. The van der Waals surface area contributed by atoms with Crippen LogP contribution in [-0.2, 0) is 6.42 Å². The first-order chi connectivity index (χ1) is 10.1. The molecule has 112 valence electrons. The van der Waals surface area contributed by atoms with Crippen molar-refractivity contribution in [1.29, 1.82) is 0 Å². The van der Waals surface area contributed by atoms with Gasteiger partial charge in [0.15, 0.2) is 0 Å². The topological polar surface area (TPSA) is 24.5 Å². The largest absolute Gasteiger partial charge is 0.496 e. The minimum Gasteiger partial charge on any atom is -0.496 e. The van der Waals surface area contributed by atoms with Gasteiger partial charge in [0.1, 0.15) is 5.75 Å². The zero-order valence-electron chi connectivity index (χ0n) is 13.3. The fourth-order valence-electron chi connectivity index (χ4n) is 2.50. The molecule has 0 amide bonds. The molecule has 0 aliphatic heterocycles. The highest BCUT2D eigenvalue weighted by Gasteiger charge is 2.10.